The molecular weight excluding hydrogens is 288 g/mol. The molecule has 0 aliphatic carbocycles. The van der Waals surface area contributed by atoms with Crippen molar-refractivity contribution in [3.8, 4) is 11.5 Å². The average Bonchev–Trinajstić information content (AvgIpc) is 2.90. The molecule has 0 aliphatic rings. The number of fused-ring (bicyclic) bond motifs is 1. The second-order valence-corrected chi connectivity index (χ2v) is 5.48. The van der Waals surface area contributed by atoms with Crippen LogP contribution in [0.3, 0.4) is 0 Å². The summed E-state index contributed by atoms with van der Waals surface area (Å²) in [6.45, 7) is 3.89. The molecule has 22 heavy (non-hydrogen) atoms. The number of aliphatic hydroxyl groups is 1. The topological polar surface area (TPSA) is 46.3 Å². The van der Waals surface area contributed by atoms with Crippen LogP contribution >= 0.6 is 0 Å². The number of nitrogens with zero attached hydrogens (tertiary/aromatic N) is 1. The summed E-state index contributed by atoms with van der Waals surface area (Å²) in [5.74, 6) is -1.04. The lowest BCUT2D eigenvalue weighted by Crippen LogP contribution is -1.94. The maximum absolute atomic E-state index is 13.7. The third-order valence-electron chi connectivity index (χ3n) is 3.61. The van der Waals surface area contributed by atoms with Gasteiger partial charge in [-0.15, -0.1) is 0 Å². The van der Waals surface area contributed by atoms with Crippen molar-refractivity contribution in [2.24, 2.45) is 0 Å². The molecule has 0 amide bonds. The van der Waals surface area contributed by atoms with E-state index in [0.29, 0.717) is 11.1 Å². The molecule has 1 N–H and O–H groups in total. The molecule has 0 fully saturated rings. The van der Waals surface area contributed by atoms with Gasteiger partial charge in [-0.05, 0) is 23.1 Å². The number of oxazole rings is 1. The minimum absolute atomic E-state index is 0.0877. The van der Waals surface area contributed by atoms with E-state index >= 15 is 0 Å². The van der Waals surface area contributed by atoms with E-state index in [9.17, 15) is 13.9 Å². The summed E-state index contributed by atoms with van der Waals surface area (Å²) in [7, 11) is 0. The van der Waals surface area contributed by atoms with Crippen molar-refractivity contribution < 1.29 is 18.3 Å². The molecule has 3 aromatic rings. The van der Waals surface area contributed by atoms with E-state index in [4.69, 9.17) is 4.42 Å². The summed E-state index contributed by atoms with van der Waals surface area (Å²) in [5.41, 5.74) is 2.28. The fourth-order valence-corrected chi connectivity index (χ4v) is 2.37. The van der Waals surface area contributed by atoms with Gasteiger partial charge in [0, 0.05) is 17.7 Å². The Morgan fingerprint density at radius 1 is 1.18 bits per heavy atom. The van der Waals surface area contributed by atoms with Crippen LogP contribution in [0, 0.1) is 11.6 Å². The Balaban J connectivity index is 2.22. The van der Waals surface area contributed by atoms with E-state index in [1.54, 1.807) is 6.07 Å². The zero-order valence-electron chi connectivity index (χ0n) is 12.2. The lowest BCUT2D eigenvalue weighted by Gasteiger charge is -2.10. The summed E-state index contributed by atoms with van der Waals surface area (Å²) in [5, 5.41) is 9.48. The molecule has 114 valence electrons. The Bertz CT molecular complexity index is 840. The zero-order chi connectivity index (χ0) is 15.9. The molecule has 1 heterocycles. The van der Waals surface area contributed by atoms with Crippen LogP contribution in [0.4, 0.5) is 8.78 Å². The first-order chi connectivity index (χ1) is 10.5. The Morgan fingerprint density at radius 2 is 1.95 bits per heavy atom. The number of hydrogen-bond donors (Lipinski definition) is 1. The van der Waals surface area contributed by atoms with E-state index < -0.39 is 11.6 Å². The van der Waals surface area contributed by atoms with E-state index in [2.05, 4.69) is 4.98 Å². The van der Waals surface area contributed by atoms with Gasteiger partial charge in [-0.25, -0.2) is 13.8 Å². The third kappa shape index (κ3) is 2.48. The van der Waals surface area contributed by atoms with Crippen molar-refractivity contribution in [3.05, 3.63) is 53.1 Å². The highest BCUT2D eigenvalue weighted by molar-refractivity contribution is 5.77. The quantitative estimate of drug-likeness (QED) is 0.780. The number of hydrogen-bond acceptors (Lipinski definition) is 3. The molecular formula is C17H15F2NO2. The number of rotatable bonds is 3. The Morgan fingerprint density at radius 3 is 2.64 bits per heavy atom. The summed E-state index contributed by atoms with van der Waals surface area (Å²) in [4.78, 5) is 4.16. The van der Waals surface area contributed by atoms with E-state index in [-0.39, 0.29) is 29.5 Å². The average molecular weight is 303 g/mol. The van der Waals surface area contributed by atoms with Gasteiger partial charge >= 0.3 is 0 Å². The van der Waals surface area contributed by atoms with Crippen LogP contribution in [0.5, 0.6) is 0 Å². The van der Waals surface area contributed by atoms with Crippen LogP contribution in [-0.4, -0.2) is 10.1 Å². The van der Waals surface area contributed by atoms with Gasteiger partial charge in [-0.3, -0.25) is 0 Å². The van der Waals surface area contributed by atoms with Gasteiger partial charge in [0.15, 0.2) is 11.4 Å². The number of halogens is 2. The second-order valence-electron chi connectivity index (χ2n) is 5.48. The molecule has 2 aromatic carbocycles. The maximum Gasteiger partial charge on any atom is 0.227 e. The summed E-state index contributed by atoms with van der Waals surface area (Å²) < 4.78 is 32.5. The zero-order valence-corrected chi connectivity index (χ0v) is 12.2. The molecule has 0 unspecified atom stereocenters. The van der Waals surface area contributed by atoms with Gasteiger partial charge < -0.3 is 9.52 Å². The van der Waals surface area contributed by atoms with Gasteiger partial charge in [-0.1, -0.05) is 26.0 Å². The van der Waals surface area contributed by atoms with Gasteiger partial charge in [0.25, 0.3) is 0 Å². The largest absolute Gasteiger partial charge is 0.433 e. The summed E-state index contributed by atoms with van der Waals surface area (Å²) >= 11 is 0. The van der Waals surface area contributed by atoms with Crippen molar-refractivity contribution in [2.45, 2.75) is 26.4 Å². The molecule has 0 saturated carbocycles. The van der Waals surface area contributed by atoms with Crippen molar-refractivity contribution >= 4 is 11.1 Å². The highest BCUT2D eigenvalue weighted by atomic mass is 19.1. The van der Waals surface area contributed by atoms with Crippen LogP contribution in [0.15, 0.2) is 34.7 Å². The third-order valence-corrected chi connectivity index (χ3v) is 3.61. The smallest absolute Gasteiger partial charge is 0.227 e. The van der Waals surface area contributed by atoms with E-state index in [1.807, 2.05) is 26.0 Å². The van der Waals surface area contributed by atoms with Gasteiger partial charge in [-0.2, -0.15) is 0 Å². The minimum Gasteiger partial charge on any atom is -0.433 e. The lowest BCUT2D eigenvalue weighted by molar-refractivity contribution is 0.282. The number of aromatic nitrogens is 1. The van der Waals surface area contributed by atoms with Crippen molar-refractivity contribution in [3.63, 3.8) is 0 Å². The standard InChI is InChI=1S/C17H15F2NO2/c1-9(2)10-3-4-11(8-21)13(5-10)17-20-15-7-12(18)6-14(19)16(15)22-17/h3-7,9,21H,8H2,1-2H3. The summed E-state index contributed by atoms with van der Waals surface area (Å²) in [6, 6.07) is 7.44. The molecule has 1 aromatic heterocycles. The lowest BCUT2D eigenvalue weighted by atomic mass is 9.97. The normalized spacial score (nSPS) is 11.5. The predicted octanol–water partition coefficient (Wildman–Crippen LogP) is 4.39. The molecule has 0 radical (unpaired) electrons. The highest BCUT2D eigenvalue weighted by Gasteiger charge is 2.17. The Labute approximate surface area is 126 Å². The molecule has 0 bridgehead atoms. The molecule has 5 heteroatoms. The minimum atomic E-state index is -0.792. The first-order valence-electron chi connectivity index (χ1n) is 6.99. The van der Waals surface area contributed by atoms with Crippen molar-refractivity contribution in [2.75, 3.05) is 0 Å². The number of benzene rings is 2. The van der Waals surface area contributed by atoms with E-state index in [1.165, 1.54) is 0 Å². The molecule has 0 saturated heterocycles. The Kier molecular flexibility index (Phi) is 3.66. The monoisotopic (exact) mass is 303 g/mol. The maximum atomic E-state index is 13.7. The van der Waals surface area contributed by atoms with Gasteiger partial charge in [0.1, 0.15) is 11.3 Å². The fraction of sp³-hybridized carbons (Fsp3) is 0.235. The van der Waals surface area contributed by atoms with E-state index in [0.717, 1.165) is 17.7 Å². The van der Waals surface area contributed by atoms with Crippen LogP contribution in [0.1, 0.15) is 30.9 Å². The first-order valence-corrected chi connectivity index (χ1v) is 6.99. The van der Waals surface area contributed by atoms with Crippen molar-refractivity contribution in [1.82, 2.24) is 4.98 Å². The Hall–Kier alpha value is -2.27. The van der Waals surface area contributed by atoms with Crippen LogP contribution < -0.4 is 0 Å². The summed E-state index contributed by atoms with van der Waals surface area (Å²) in [6.07, 6.45) is 0. The molecule has 0 aliphatic heterocycles. The van der Waals surface area contributed by atoms with Gasteiger partial charge in [0.2, 0.25) is 5.89 Å². The van der Waals surface area contributed by atoms with Crippen LogP contribution in [-0.2, 0) is 6.61 Å². The highest BCUT2D eigenvalue weighted by Crippen LogP contribution is 2.31. The number of aliphatic hydroxyl groups excluding tert-OH is 1. The first kappa shape index (κ1) is 14.7. The predicted molar refractivity (Wildman–Crippen MR) is 79.4 cm³/mol. The van der Waals surface area contributed by atoms with Crippen molar-refractivity contribution in [1.29, 1.82) is 0 Å². The second kappa shape index (κ2) is 5.50. The SMILES string of the molecule is CC(C)c1ccc(CO)c(-c2nc3cc(F)cc(F)c3o2)c1. The van der Waals surface area contributed by atoms with Gasteiger partial charge in [0.05, 0.1) is 6.61 Å². The van der Waals surface area contributed by atoms with Crippen LogP contribution in [0.2, 0.25) is 0 Å². The molecule has 3 nitrogen and oxygen atoms in total. The molecule has 3 rings (SSSR count). The molecule has 0 spiro atoms. The van der Waals surface area contributed by atoms with Crippen LogP contribution in [0.25, 0.3) is 22.6 Å². The molecule has 0 atom stereocenters. The fourth-order valence-electron chi connectivity index (χ4n) is 2.37.